The molecule has 2 nitrogen and oxygen atoms in total. The number of nitrogens with one attached hydrogen (secondary N) is 2. The molecule has 3 rings (SSSR count). The van der Waals surface area contributed by atoms with Gasteiger partial charge in [0.1, 0.15) is 0 Å². The van der Waals surface area contributed by atoms with Gasteiger partial charge in [0.15, 0.2) is 0 Å². The van der Waals surface area contributed by atoms with E-state index in [1.54, 1.807) is 0 Å². The fraction of sp³-hybridized carbons (Fsp3) is 0.500. The van der Waals surface area contributed by atoms with E-state index in [-0.39, 0.29) is 0 Å². The van der Waals surface area contributed by atoms with Crippen molar-refractivity contribution in [2.75, 3.05) is 6.54 Å². The lowest BCUT2D eigenvalue weighted by molar-refractivity contribution is 0.448. The number of hydrogen-bond acceptors (Lipinski definition) is 1. The largest absolute Gasteiger partial charge is 0.361 e. The zero-order chi connectivity index (χ0) is 12.6. The molecule has 2 heteroatoms. The quantitative estimate of drug-likeness (QED) is 0.825. The molecule has 0 amide bonds. The van der Waals surface area contributed by atoms with Crippen LogP contribution in [0.5, 0.6) is 0 Å². The Balaban J connectivity index is 1.64. The Labute approximate surface area is 109 Å². The molecule has 0 spiro atoms. The van der Waals surface area contributed by atoms with E-state index in [2.05, 4.69) is 54.6 Å². The van der Waals surface area contributed by atoms with Gasteiger partial charge in [0.25, 0.3) is 0 Å². The SMILES string of the molecule is CC(Cc1c[nH]c2ccccc12)NCC1(C)CC1. The van der Waals surface area contributed by atoms with Crippen molar-refractivity contribution in [3.63, 3.8) is 0 Å². The smallest absolute Gasteiger partial charge is 0.0456 e. The lowest BCUT2D eigenvalue weighted by atomic mass is 10.0. The van der Waals surface area contributed by atoms with Crippen molar-refractivity contribution in [2.45, 2.75) is 39.2 Å². The third kappa shape index (κ3) is 2.44. The third-order valence-corrected chi connectivity index (χ3v) is 4.18. The molecule has 2 aromatic rings. The van der Waals surface area contributed by atoms with E-state index < -0.39 is 0 Å². The molecule has 0 aliphatic heterocycles. The number of hydrogen-bond donors (Lipinski definition) is 2. The molecule has 96 valence electrons. The summed E-state index contributed by atoms with van der Waals surface area (Å²) in [6.45, 7) is 5.82. The molecule has 1 aromatic heterocycles. The van der Waals surface area contributed by atoms with Crippen LogP contribution in [0.15, 0.2) is 30.5 Å². The molecule has 0 radical (unpaired) electrons. The number of fused-ring (bicyclic) bond motifs is 1. The van der Waals surface area contributed by atoms with Gasteiger partial charge < -0.3 is 10.3 Å². The summed E-state index contributed by atoms with van der Waals surface area (Å²) in [5.41, 5.74) is 3.26. The highest BCUT2D eigenvalue weighted by Crippen LogP contribution is 2.44. The highest BCUT2D eigenvalue weighted by molar-refractivity contribution is 5.83. The van der Waals surface area contributed by atoms with Crippen LogP contribution in [0.4, 0.5) is 0 Å². The highest BCUT2D eigenvalue weighted by Gasteiger charge is 2.36. The maximum absolute atomic E-state index is 3.67. The molecular formula is C16H22N2. The van der Waals surface area contributed by atoms with E-state index in [0.717, 1.165) is 13.0 Å². The summed E-state index contributed by atoms with van der Waals surface area (Å²) in [4.78, 5) is 3.35. The summed E-state index contributed by atoms with van der Waals surface area (Å²) in [7, 11) is 0. The van der Waals surface area contributed by atoms with Gasteiger partial charge in [-0.2, -0.15) is 0 Å². The van der Waals surface area contributed by atoms with Gasteiger partial charge in [-0.1, -0.05) is 25.1 Å². The number of rotatable bonds is 5. The van der Waals surface area contributed by atoms with Crippen molar-refractivity contribution in [1.82, 2.24) is 10.3 Å². The first kappa shape index (κ1) is 11.8. The van der Waals surface area contributed by atoms with Crippen LogP contribution in [0.3, 0.4) is 0 Å². The van der Waals surface area contributed by atoms with Crippen LogP contribution in [0.2, 0.25) is 0 Å². The average Bonchev–Trinajstić information content (AvgIpc) is 2.98. The van der Waals surface area contributed by atoms with Crippen LogP contribution in [-0.2, 0) is 6.42 Å². The van der Waals surface area contributed by atoms with Gasteiger partial charge in [0.05, 0.1) is 0 Å². The van der Waals surface area contributed by atoms with Crippen molar-refractivity contribution < 1.29 is 0 Å². The summed E-state index contributed by atoms with van der Waals surface area (Å²) in [5, 5.41) is 5.04. The first-order valence-electron chi connectivity index (χ1n) is 6.95. The molecular weight excluding hydrogens is 220 g/mol. The zero-order valence-electron chi connectivity index (χ0n) is 11.3. The molecule has 1 aliphatic carbocycles. The van der Waals surface area contributed by atoms with E-state index >= 15 is 0 Å². The van der Waals surface area contributed by atoms with Crippen LogP contribution in [0, 0.1) is 5.41 Å². The molecule has 1 heterocycles. The monoisotopic (exact) mass is 242 g/mol. The minimum atomic E-state index is 0.543. The number of H-pyrrole nitrogens is 1. The molecule has 1 atom stereocenters. The van der Waals surface area contributed by atoms with Gasteiger partial charge >= 0.3 is 0 Å². The molecule has 18 heavy (non-hydrogen) atoms. The Morgan fingerprint density at radius 1 is 1.33 bits per heavy atom. The van der Waals surface area contributed by atoms with Crippen LogP contribution in [0.1, 0.15) is 32.3 Å². The van der Waals surface area contributed by atoms with Crippen molar-refractivity contribution in [2.24, 2.45) is 5.41 Å². The van der Waals surface area contributed by atoms with E-state index in [9.17, 15) is 0 Å². The summed E-state index contributed by atoms with van der Waals surface area (Å²) < 4.78 is 0. The minimum Gasteiger partial charge on any atom is -0.361 e. The molecule has 1 unspecified atom stereocenters. The van der Waals surface area contributed by atoms with Gasteiger partial charge in [-0.25, -0.2) is 0 Å². The minimum absolute atomic E-state index is 0.543. The standard InChI is InChI=1S/C16H22N2/c1-12(18-11-16(2)7-8-16)9-13-10-17-15-6-4-3-5-14(13)15/h3-6,10,12,17-18H,7-9,11H2,1-2H3. The van der Waals surface area contributed by atoms with Gasteiger partial charge in [-0.15, -0.1) is 0 Å². The second-order valence-corrected chi connectivity index (χ2v) is 6.16. The van der Waals surface area contributed by atoms with Crippen LogP contribution in [-0.4, -0.2) is 17.6 Å². The molecule has 1 fully saturated rings. The zero-order valence-corrected chi connectivity index (χ0v) is 11.3. The summed E-state index contributed by atoms with van der Waals surface area (Å²) in [5.74, 6) is 0. The number of benzene rings is 1. The Bertz CT molecular complexity index is 537. The number of aromatic amines is 1. The Kier molecular flexibility index (Phi) is 2.90. The normalized spacial score (nSPS) is 19.0. The third-order valence-electron chi connectivity index (χ3n) is 4.18. The maximum Gasteiger partial charge on any atom is 0.0456 e. The number of para-hydroxylation sites is 1. The summed E-state index contributed by atoms with van der Waals surface area (Å²) >= 11 is 0. The van der Waals surface area contributed by atoms with Gasteiger partial charge in [0, 0.05) is 29.7 Å². The maximum atomic E-state index is 3.67. The molecule has 0 bridgehead atoms. The molecule has 1 aromatic carbocycles. The van der Waals surface area contributed by atoms with Crippen molar-refractivity contribution in [1.29, 1.82) is 0 Å². The second-order valence-electron chi connectivity index (χ2n) is 6.16. The lowest BCUT2D eigenvalue weighted by Crippen LogP contribution is -2.32. The van der Waals surface area contributed by atoms with E-state index in [1.165, 1.54) is 29.3 Å². The predicted octanol–water partition coefficient (Wildman–Crippen LogP) is 3.49. The van der Waals surface area contributed by atoms with Crippen molar-refractivity contribution in [3.05, 3.63) is 36.0 Å². The van der Waals surface area contributed by atoms with E-state index in [0.29, 0.717) is 11.5 Å². The molecule has 1 aliphatic rings. The molecule has 1 saturated carbocycles. The topological polar surface area (TPSA) is 27.8 Å². The van der Waals surface area contributed by atoms with E-state index in [1.807, 2.05) is 0 Å². The summed E-state index contributed by atoms with van der Waals surface area (Å²) in [6, 6.07) is 9.08. The van der Waals surface area contributed by atoms with Gasteiger partial charge in [-0.3, -0.25) is 0 Å². The van der Waals surface area contributed by atoms with Crippen LogP contribution in [0.25, 0.3) is 10.9 Å². The Hall–Kier alpha value is -1.28. The van der Waals surface area contributed by atoms with E-state index in [4.69, 9.17) is 0 Å². The fourth-order valence-electron chi connectivity index (χ4n) is 2.51. The highest BCUT2D eigenvalue weighted by atomic mass is 14.9. The van der Waals surface area contributed by atoms with Gasteiger partial charge in [0.2, 0.25) is 0 Å². The van der Waals surface area contributed by atoms with Gasteiger partial charge in [-0.05, 0) is 43.2 Å². The molecule has 0 saturated heterocycles. The Morgan fingerprint density at radius 2 is 2.11 bits per heavy atom. The summed E-state index contributed by atoms with van der Waals surface area (Å²) in [6.07, 6.45) is 6.03. The average molecular weight is 242 g/mol. The number of aromatic nitrogens is 1. The fourth-order valence-corrected chi connectivity index (χ4v) is 2.51. The van der Waals surface area contributed by atoms with Crippen LogP contribution < -0.4 is 5.32 Å². The van der Waals surface area contributed by atoms with Crippen LogP contribution >= 0.6 is 0 Å². The second kappa shape index (κ2) is 4.43. The first-order valence-corrected chi connectivity index (χ1v) is 6.95. The van der Waals surface area contributed by atoms with Crippen molar-refractivity contribution >= 4 is 10.9 Å². The molecule has 2 N–H and O–H groups in total. The lowest BCUT2D eigenvalue weighted by Gasteiger charge is -2.16. The Morgan fingerprint density at radius 3 is 2.89 bits per heavy atom. The predicted molar refractivity (Wildman–Crippen MR) is 76.8 cm³/mol. The van der Waals surface area contributed by atoms with Crippen molar-refractivity contribution in [3.8, 4) is 0 Å². The first-order chi connectivity index (χ1) is 8.66.